The summed E-state index contributed by atoms with van der Waals surface area (Å²) in [6.45, 7) is 3.76. The average molecular weight is 714 g/mol. The molecule has 0 bridgehead atoms. The Morgan fingerprint density at radius 3 is 2.12 bits per heavy atom. The molecule has 0 saturated heterocycles. The lowest BCUT2D eigenvalue weighted by atomic mass is 9.81. The lowest BCUT2D eigenvalue weighted by Gasteiger charge is -2.31. The van der Waals surface area contributed by atoms with Crippen LogP contribution in [0.2, 0.25) is 0 Å². The number of fused-ring (bicyclic) bond motifs is 1. The van der Waals surface area contributed by atoms with Crippen molar-refractivity contribution >= 4 is 43.5 Å². The number of rotatable bonds is 16. The second-order valence-electron chi connectivity index (χ2n) is 12.6. The molecule has 0 radical (unpaired) electrons. The summed E-state index contributed by atoms with van der Waals surface area (Å²) in [5.41, 5.74) is 5.78. The van der Waals surface area contributed by atoms with Gasteiger partial charge in [0.2, 0.25) is 10.0 Å². The van der Waals surface area contributed by atoms with Crippen LogP contribution in [-0.2, 0) is 32.4 Å². The van der Waals surface area contributed by atoms with Crippen LogP contribution in [0.15, 0.2) is 114 Å². The van der Waals surface area contributed by atoms with Gasteiger partial charge in [-0.05, 0) is 59.2 Å². The normalized spacial score (nSPS) is 13.1. The first kappa shape index (κ1) is 36.9. The number of nitrogens with one attached hydrogen (secondary N) is 1. The number of aliphatic hydroxyl groups is 1. The molecule has 1 heterocycles. The van der Waals surface area contributed by atoms with Gasteiger partial charge in [-0.2, -0.15) is 4.31 Å². The summed E-state index contributed by atoms with van der Waals surface area (Å²) in [5.74, 6) is -0.673. The summed E-state index contributed by atoms with van der Waals surface area (Å²) in [6.07, 6.45) is 0.0629. The molecule has 1 amide bonds. The highest BCUT2D eigenvalue weighted by Gasteiger charge is 2.34. The Labute approximate surface area is 298 Å². The number of methoxy groups -OCH3 is 1. The number of hydrogen-bond acceptors (Lipinski definition) is 8. The highest BCUT2D eigenvalue weighted by molar-refractivity contribution is 7.89. The number of Topliss-reactive ketones (excluding diaryl/α,β-unsaturated/α-hetero) is 1. The van der Waals surface area contributed by atoms with Gasteiger partial charge in [0.25, 0.3) is 0 Å². The van der Waals surface area contributed by atoms with Crippen molar-refractivity contribution in [2.24, 2.45) is 5.92 Å². The number of benzene rings is 4. The van der Waals surface area contributed by atoms with E-state index in [0.29, 0.717) is 12.8 Å². The molecule has 0 fully saturated rings. The van der Waals surface area contributed by atoms with Crippen molar-refractivity contribution < 1.29 is 27.9 Å². The second-order valence-corrected chi connectivity index (χ2v) is 15.4. The molecule has 0 unspecified atom stereocenters. The predicted molar refractivity (Wildman–Crippen MR) is 197 cm³/mol. The molecule has 0 saturated carbocycles. The maximum absolute atomic E-state index is 14.3. The van der Waals surface area contributed by atoms with Crippen LogP contribution in [0.1, 0.15) is 48.4 Å². The van der Waals surface area contributed by atoms with E-state index >= 15 is 0 Å². The van der Waals surface area contributed by atoms with Gasteiger partial charge < -0.3 is 15.2 Å². The van der Waals surface area contributed by atoms with Crippen molar-refractivity contribution in [3.05, 3.63) is 131 Å². The van der Waals surface area contributed by atoms with E-state index in [1.54, 1.807) is 23.7 Å². The molecule has 262 valence electrons. The maximum Gasteiger partial charge on any atom is 0.407 e. The van der Waals surface area contributed by atoms with Crippen molar-refractivity contribution in [3.8, 4) is 0 Å². The standard InChI is InChI=1S/C39H43N3O6S2/c1-27(2)24-42(50(46,47)33-20-21-34-36(23-33)49-26-40-34)32(25-43)19-18-28-12-10-11-17-31(28)22-35(44)38(41-39(45)48-3)37(29-13-6-4-7-14-29)30-15-8-5-9-16-30/h4-17,20-21,23,26-27,32,37-38,43H,18-19,22,24-25H2,1-3H3,(H,41,45)/t32-,38+/m0/s1. The minimum atomic E-state index is -3.95. The van der Waals surface area contributed by atoms with Gasteiger partial charge in [-0.15, -0.1) is 11.3 Å². The van der Waals surface area contributed by atoms with Crippen LogP contribution in [0, 0.1) is 5.92 Å². The van der Waals surface area contributed by atoms with Gasteiger partial charge >= 0.3 is 6.09 Å². The number of sulfonamides is 1. The zero-order valence-corrected chi connectivity index (χ0v) is 30.1. The van der Waals surface area contributed by atoms with Gasteiger partial charge in [-0.25, -0.2) is 18.2 Å². The van der Waals surface area contributed by atoms with Gasteiger partial charge in [0.15, 0.2) is 5.78 Å². The van der Waals surface area contributed by atoms with Crippen LogP contribution in [0.4, 0.5) is 4.79 Å². The molecule has 0 aliphatic rings. The summed E-state index contributed by atoms with van der Waals surface area (Å²) < 4.78 is 35.2. The monoisotopic (exact) mass is 713 g/mol. The summed E-state index contributed by atoms with van der Waals surface area (Å²) in [5, 5.41) is 13.4. The van der Waals surface area contributed by atoms with E-state index in [9.17, 15) is 23.1 Å². The molecular weight excluding hydrogens is 671 g/mol. The van der Waals surface area contributed by atoms with Crippen LogP contribution in [0.3, 0.4) is 0 Å². The molecule has 5 rings (SSSR count). The van der Waals surface area contributed by atoms with Crippen LogP contribution in [0.5, 0.6) is 0 Å². The molecule has 0 aliphatic carbocycles. The molecule has 50 heavy (non-hydrogen) atoms. The van der Waals surface area contributed by atoms with Gasteiger partial charge in [0, 0.05) is 24.9 Å². The number of hydrogen-bond donors (Lipinski definition) is 2. The van der Waals surface area contributed by atoms with Crippen molar-refractivity contribution in [1.29, 1.82) is 0 Å². The van der Waals surface area contributed by atoms with Crippen molar-refractivity contribution in [1.82, 2.24) is 14.6 Å². The number of aryl methyl sites for hydroxylation is 1. The molecule has 2 N–H and O–H groups in total. The molecule has 2 atom stereocenters. The number of ketones is 1. The average Bonchev–Trinajstić information content (AvgIpc) is 3.61. The number of carbonyl (C=O) groups excluding carboxylic acids is 2. The molecule has 1 aromatic heterocycles. The topological polar surface area (TPSA) is 126 Å². The molecular formula is C39H43N3O6S2. The molecule has 5 aromatic rings. The summed E-state index contributed by atoms with van der Waals surface area (Å²) in [4.78, 5) is 31.3. The van der Waals surface area contributed by atoms with Crippen LogP contribution >= 0.6 is 11.3 Å². The molecule has 4 aromatic carbocycles. The Balaban J connectivity index is 1.41. The van der Waals surface area contributed by atoms with Crippen LogP contribution in [0.25, 0.3) is 10.2 Å². The fraction of sp³-hybridized carbons (Fsp3) is 0.308. The van der Waals surface area contributed by atoms with E-state index in [1.807, 2.05) is 98.8 Å². The van der Waals surface area contributed by atoms with E-state index in [2.05, 4.69) is 10.3 Å². The Bertz CT molecular complexity index is 1940. The van der Waals surface area contributed by atoms with E-state index in [0.717, 1.165) is 32.5 Å². The largest absolute Gasteiger partial charge is 0.453 e. The zero-order valence-electron chi connectivity index (χ0n) is 28.4. The molecule has 11 heteroatoms. The van der Waals surface area contributed by atoms with E-state index < -0.39 is 34.1 Å². The minimum absolute atomic E-state index is 0.0114. The molecule has 0 spiro atoms. The smallest absolute Gasteiger partial charge is 0.407 e. The first-order valence-electron chi connectivity index (χ1n) is 16.6. The zero-order chi connectivity index (χ0) is 35.7. The van der Waals surface area contributed by atoms with Gasteiger partial charge in [0.1, 0.15) is 6.04 Å². The second kappa shape index (κ2) is 17.0. The summed E-state index contributed by atoms with van der Waals surface area (Å²) >= 11 is 1.38. The Hall–Kier alpha value is -4.42. The first-order valence-corrected chi connectivity index (χ1v) is 18.9. The van der Waals surface area contributed by atoms with E-state index in [4.69, 9.17) is 4.74 Å². The van der Waals surface area contributed by atoms with Crippen molar-refractivity contribution in [3.63, 3.8) is 0 Å². The third-order valence-corrected chi connectivity index (χ3v) is 11.5. The quantitative estimate of drug-likeness (QED) is 0.118. The van der Waals surface area contributed by atoms with Crippen molar-refractivity contribution in [2.75, 3.05) is 20.3 Å². The van der Waals surface area contributed by atoms with E-state index in [-0.39, 0.29) is 36.2 Å². The lowest BCUT2D eigenvalue weighted by molar-refractivity contribution is -0.120. The Kier molecular flexibility index (Phi) is 12.5. The predicted octanol–water partition coefficient (Wildman–Crippen LogP) is 6.61. The van der Waals surface area contributed by atoms with Crippen LogP contribution in [-0.4, -0.2) is 67.0 Å². The number of carbonyl (C=O) groups is 2. The SMILES string of the molecule is COC(=O)N[C@H](C(=O)Cc1ccccc1CC[C@@H](CO)N(CC(C)C)S(=O)(=O)c1ccc2ncsc2c1)C(c1ccccc1)c1ccccc1. The van der Waals surface area contributed by atoms with Crippen LogP contribution < -0.4 is 5.32 Å². The third-order valence-electron chi connectivity index (χ3n) is 8.76. The molecule has 9 nitrogen and oxygen atoms in total. The fourth-order valence-corrected chi connectivity index (χ4v) is 8.92. The lowest BCUT2D eigenvalue weighted by Crippen LogP contribution is -2.46. The number of thiazole rings is 1. The highest BCUT2D eigenvalue weighted by Crippen LogP contribution is 2.31. The van der Waals surface area contributed by atoms with Crippen molar-refractivity contribution in [2.45, 2.75) is 56.0 Å². The number of ether oxygens (including phenoxy) is 1. The maximum atomic E-state index is 14.3. The number of amides is 1. The van der Waals surface area contributed by atoms with Gasteiger partial charge in [-0.3, -0.25) is 4.79 Å². The Morgan fingerprint density at radius 1 is 0.900 bits per heavy atom. The minimum Gasteiger partial charge on any atom is -0.453 e. The summed E-state index contributed by atoms with van der Waals surface area (Å²) in [7, 11) is -2.68. The number of aliphatic hydroxyl groups excluding tert-OH is 1. The Morgan fingerprint density at radius 2 is 1.52 bits per heavy atom. The highest BCUT2D eigenvalue weighted by atomic mass is 32.2. The number of nitrogens with zero attached hydrogens (tertiary/aromatic N) is 2. The third kappa shape index (κ3) is 8.83. The molecule has 0 aliphatic heterocycles. The van der Waals surface area contributed by atoms with Gasteiger partial charge in [-0.1, -0.05) is 98.8 Å². The van der Waals surface area contributed by atoms with Gasteiger partial charge in [0.05, 0.1) is 34.3 Å². The summed E-state index contributed by atoms with van der Waals surface area (Å²) in [6, 6.07) is 30.0. The van der Waals surface area contributed by atoms with E-state index in [1.165, 1.54) is 22.8 Å². The fourth-order valence-electron chi connectivity index (χ4n) is 6.29. The first-order chi connectivity index (χ1) is 24.1. The number of alkyl carbamates (subject to hydrolysis) is 1. The number of aromatic nitrogens is 1.